The van der Waals surface area contributed by atoms with Crippen LogP contribution in [0.2, 0.25) is 0 Å². The molecule has 5 nitrogen and oxygen atoms in total. The third-order valence-electron chi connectivity index (χ3n) is 5.93. The first-order chi connectivity index (χ1) is 12.7. The van der Waals surface area contributed by atoms with Crippen molar-refractivity contribution < 1.29 is 14.3 Å². The molecule has 0 bridgehead atoms. The van der Waals surface area contributed by atoms with E-state index in [0.717, 1.165) is 43.2 Å². The lowest BCUT2D eigenvalue weighted by molar-refractivity contribution is -0.192. The zero-order valence-electron chi connectivity index (χ0n) is 15.1. The van der Waals surface area contributed by atoms with Gasteiger partial charge in [0.15, 0.2) is 5.79 Å². The van der Waals surface area contributed by atoms with Crippen LogP contribution in [0, 0.1) is 0 Å². The number of benzene rings is 1. The zero-order valence-corrected chi connectivity index (χ0v) is 16.7. The fourth-order valence-electron chi connectivity index (χ4n) is 4.51. The number of ether oxygens (including phenoxy) is 2. The van der Waals surface area contributed by atoms with Crippen LogP contribution in [-0.2, 0) is 14.8 Å². The largest absolute Gasteiger partial charge is 0.348 e. The van der Waals surface area contributed by atoms with Gasteiger partial charge in [-0.3, -0.25) is 9.69 Å². The van der Waals surface area contributed by atoms with Crippen molar-refractivity contribution in [3.8, 4) is 0 Å². The number of carbonyl (C=O) groups is 1. The van der Waals surface area contributed by atoms with E-state index in [1.54, 1.807) is 0 Å². The molecule has 3 fully saturated rings. The Kier molecular flexibility index (Phi) is 5.64. The van der Waals surface area contributed by atoms with Gasteiger partial charge in [-0.05, 0) is 50.0 Å². The summed E-state index contributed by atoms with van der Waals surface area (Å²) < 4.78 is 11.9. The molecule has 1 spiro atoms. The van der Waals surface area contributed by atoms with Crippen LogP contribution in [0.3, 0.4) is 0 Å². The summed E-state index contributed by atoms with van der Waals surface area (Å²) in [6.07, 6.45) is 5.07. The number of alkyl halides is 1. The van der Waals surface area contributed by atoms with Crippen LogP contribution in [0.25, 0.3) is 0 Å². The Morgan fingerprint density at radius 1 is 1.19 bits per heavy atom. The molecule has 1 amide bonds. The van der Waals surface area contributed by atoms with Gasteiger partial charge >= 0.3 is 0 Å². The number of hydrogen-bond donors (Lipinski definition) is 1. The highest BCUT2D eigenvalue weighted by Gasteiger charge is 2.47. The van der Waals surface area contributed by atoms with Crippen molar-refractivity contribution in [1.82, 2.24) is 10.2 Å². The summed E-state index contributed by atoms with van der Waals surface area (Å²) in [6.45, 7) is 3.58. The Morgan fingerprint density at radius 2 is 1.88 bits per heavy atom. The van der Waals surface area contributed by atoms with Gasteiger partial charge in [0.1, 0.15) is 0 Å². The highest BCUT2D eigenvalue weighted by Crippen LogP contribution is 2.38. The molecule has 2 saturated heterocycles. The van der Waals surface area contributed by atoms with E-state index in [1.807, 2.05) is 24.3 Å². The molecule has 2 atom stereocenters. The summed E-state index contributed by atoms with van der Waals surface area (Å²) in [4.78, 5) is 15.3. The second kappa shape index (κ2) is 7.97. The normalized spacial score (nSPS) is 28.5. The Labute approximate surface area is 163 Å². The number of hydrogen-bond acceptors (Lipinski definition) is 4. The van der Waals surface area contributed by atoms with Crippen LogP contribution < -0.4 is 5.32 Å². The molecule has 3 aliphatic rings. The molecule has 26 heavy (non-hydrogen) atoms. The number of amides is 1. The van der Waals surface area contributed by atoms with E-state index in [1.165, 1.54) is 18.4 Å². The van der Waals surface area contributed by atoms with Gasteiger partial charge in [0, 0.05) is 35.8 Å². The van der Waals surface area contributed by atoms with E-state index >= 15 is 0 Å². The molecule has 1 aromatic carbocycles. The first-order valence-corrected chi connectivity index (χ1v) is 10.8. The summed E-state index contributed by atoms with van der Waals surface area (Å²) in [5, 5.41) is 4.10. The van der Waals surface area contributed by atoms with Crippen molar-refractivity contribution in [2.45, 2.75) is 55.3 Å². The molecule has 2 unspecified atom stereocenters. The minimum atomic E-state index is -0.425. The van der Waals surface area contributed by atoms with E-state index in [9.17, 15) is 4.79 Å². The molecule has 4 rings (SSSR count). The zero-order chi connectivity index (χ0) is 18.0. The average molecular weight is 423 g/mol. The lowest BCUT2D eigenvalue weighted by Gasteiger charge is -2.45. The van der Waals surface area contributed by atoms with Crippen LogP contribution in [0.1, 0.15) is 48.0 Å². The lowest BCUT2D eigenvalue weighted by Crippen LogP contribution is -2.58. The molecule has 0 aromatic heterocycles. The summed E-state index contributed by atoms with van der Waals surface area (Å²) in [5.74, 6) is -0.407. The van der Waals surface area contributed by atoms with Crippen LogP contribution in [0.15, 0.2) is 24.3 Å². The maximum absolute atomic E-state index is 12.8. The van der Waals surface area contributed by atoms with Gasteiger partial charge < -0.3 is 14.8 Å². The van der Waals surface area contributed by atoms with Crippen molar-refractivity contribution in [3.63, 3.8) is 0 Å². The van der Waals surface area contributed by atoms with Gasteiger partial charge in [-0.1, -0.05) is 28.1 Å². The minimum Gasteiger partial charge on any atom is -0.348 e. The lowest BCUT2D eigenvalue weighted by atomic mass is 9.84. The van der Waals surface area contributed by atoms with E-state index in [0.29, 0.717) is 13.2 Å². The van der Waals surface area contributed by atoms with Crippen LogP contribution >= 0.6 is 15.9 Å². The van der Waals surface area contributed by atoms with Gasteiger partial charge in [0.25, 0.3) is 5.91 Å². The van der Waals surface area contributed by atoms with E-state index < -0.39 is 5.79 Å². The summed E-state index contributed by atoms with van der Waals surface area (Å²) >= 11 is 3.44. The van der Waals surface area contributed by atoms with Gasteiger partial charge in [0.05, 0.1) is 13.2 Å². The third kappa shape index (κ3) is 3.84. The quantitative estimate of drug-likeness (QED) is 0.757. The number of carbonyl (C=O) groups excluding carboxylic acids is 1. The molecule has 142 valence electrons. The van der Waals surface area contributed by atoms with Crippen molar-refractivity contribution in [2.24, 2.45) is 0 Å². The van der Waals surface area contributed by atoms with Crippen LogP contribution in [-0.4, -0.2) is 55.0 Å². The van der Waals surface area contributed by atoms with Gasteiger partial charge in [-0.2, -0.15) is 0 Å². The Balaban J connectivity index is 1.47. The molecular weight excluding hydrogens is 396 g/mol. The molecule has 2 aliphatic heterocycles. The van der Waals surface area contributed by atoms with Gasteiger partial charge in [-0.25, -0.2) is 0 Å². The number of halogens is 1. The molecule has 1 aromatic rings. The van der Waals surface area contributed by atoms with Crippen molar-refractivity contribution in [3.05, 3.63) is 35.4 Å². The summed E-state index contributed by atoms with van der Waals surface area (Å²) in [6, 6.07) is 8.24. The average Bonchev–Trinajstić information content (AvgIpc) is 3.36. The summed E-state index contributed by atoms with van der Waals surface area (Å²) in [5.41, 5.74) is 1.90. The molecule has 1 N–H and O–H groups in total. The standard InChI is InChI=1S/C20H27BrN2O3/c21-14-15-3-5-16(6-4-15)19(24)22-17-7-8-20(25-11-12-26-20)13-18(17)23-9-1-2-10-23/h3-6,17-18H,1-2,7-14H2,(H,22,24). The second-order valence-electron chi connectivity index (χ2n) is 7.57. The van der Waals surface area contributed by atoms with E-state index in [2.05, 4.69) is 26.1 Å². The maximum atomic E-state index is 12.8. The van der Waals surface area contributed by atoms with Crippen molar-refractivity contribution >= 4 is 21.8 Å². The SMILES string of the molecule is O=C(NC1CCC2(CC1N1CCCC1)OCCO2)c1ccc(CBr)cc1. The van der Waals surface area contributed by atoms with Gasteiger partial charge in [0.2, 0.25) is 0 Å². The number of rotatable bonds is 4. The Hall–Kier alpha value is -0.950. The first-order valence-electron chi connectivity index (χ1n) is 9.67. The predicted molar refractivity (Wildman–Crippen MR) is 103 cm³/mol. The van der Waals surface area contributed by atoms with Crippen LogP contribution in [0.4, 0.5) is 0 Å². The number of nitrogens with zero attached hydrogens (tertiary/aromatic N) is 1. The predicted octanol–water partition coefficient (Wildman–Crippen LogP) is 3.07. The highest BCUT2D eigenvalue weighted by atomic mass is 79.9. The minimum absolute atomic E-state index is 0.0181. The maximum Gasteiger partial charge on any atom is 0.251 e. The molecule has 2 heterocycles. The second-order valence-corrected chi connectivity index (χ2v) is 8.13. The molecule has 0 radical (unpaired) electrons. The smallest absolute Gasteiger partial charge is 0.251 e. The van der Waals surface area contributed by atoms with E-state index in [-0.39, 0.29) is 18.0 Å². The fraction of sp³-hybridized carbons (Fsp3) is 0.650. The number of nitrogens with one attached hydrogen (secondary N) is 1. The monoisotopic (exact) mass is 422 g/mol. The third-order valence-corrected chi connectivity index (χ3v) is 6.58. The topological polar surface area (TPSA) is 50.8 Å². The summed E-state index contributed by atoms with van der Waals surface area (Å²) in [7, 11) is 0. The first kappa shape index (κ1) is 18.4. The highest BCUT2D eigenvalue weighted by molar-refractivity contribution is 9.08. The van der Waals surface area contributed by atoms with Gasteiger partial charge in [-0.15, -0.1) is 0 Å². The molecule has 6 heteroatoms. The van der Waals surface area contributed by atoms with Crippen LogP contribution in [0.5, 0.6) is 0 Å². The molecule has 1 saturated carbocycles. The Morgan fingerprint density at radius 3 is 2.54 bits per heavy atom. The van der Waals surface area contributed by atoms with Crippen molar-refractivity contribution in [1.29, 1.82) is 0 Å². The number of likely N-dealkylation sites (tertiary alicyclic amines) is 1. The van der Waals surface area contributed by atoms with E-state index in [4.69, 9.17) is 9.47 Å². The molecule has 1 aliphatic carbocycles. The molecular formula is C20H27BrN2O3. The Bertz CT molecular complexity index is 624. The fourth-order valence-corrected chi connectivity index (χ4v) is 4.89. The van der Waals surface area contributed by atoms with Crippen molar-refractivity contribution in [2.75, 3.05) is 26.3 Å².